The first kappa shape index (κ1) is 10.4. The number of carbonyl (C=O) groups excluding carboxylic acids is 3. The van der Waals surface area contributed by atoms with Gasteiger partial charge in [-0.3, -0.25) is 19.3 Å². The summed E-state index contributed by atoms with van der Waals surface area (Å²) in [5.41, 5.74) is 0.222. The molecular formula is C9H11NO4. The van der Waals surface area contributed by atoms with E-state index < -0.39 is 17.8 Å². The largest absolute Gasteiger partial charge is 0.465 e. The van der Waals surface area contributed by atoms with Crippen molar-refractivity contribution >= 4 is 17.8 Å². The SMILES string of the molecule is C=C1CC(=O)N(CC(=O)OCC)C1=O. The molecule has 1 aliphatic heterocycles. The van der Waals surface area contributed by atoms with Gasteiger partial charge in [-0.05, 0) is 6.92 Å². The molecule has 1 fully saturated rings. The Morgan fingerprint density at radius 2 is 2.21 bits per heavy atom. The van der Waals surface area contributed by atoms with Crippen LogP contribution in [-0.4, -0.2) is 35.8 Å². The van der Waals surface area contributed by atoms with Crippen LogP contribution >= 0.6 is 0 Å². The summed E-state index contributed by atoms with van der Waals surface area (Å²) < 4.78 is 4.62. The minimum Gasteiger partial charge on any atom is -0.465 e. The molecule has 1 aliphatic rings. The molecule has 0 spiro atoms. The molecule has 76 valence electrons. The molecule has 5 nitrogen and oxygen atoms in total. The zero-order valence-electron chi connectivity index (χ0n) is 7.91. The fraction of sp³-hybridized carbons (Fsp3) is 0.444. The van der Waals surface area contributed by atoms with Gasteiger partial charge in [-0.1, -0.05) is 6.58 Å². The number of hydrogen-bond acceptors (Lipinski definition) is 4. The van der Waals surface area contributed by atoms with Gasteiger partial charge in [-0.15, -0.1) is 0 Å². The van der Waals surface area contributed by atoms with E-state index in [9.17, 15) is 14.4 Å². The van der Waals surface area contributed by atoms with Crippen molar-refractivity contribution in [3.05, 3.63) is 12.2 Å². The molecule has 0 saturated carbocycles. The highest BCUT2D eigenvalue weighted by molar-refractivity contribution is 6.14. The number of carbonyl (C=O) groups is 3. The van der Waals surface area contributed by atoms with E-state index >= 15 is 0 Å². The van der Waals surface area contributed by atoms with Gasteiger partial charge in [0.2, 0.25) is 5.91 Å². The van der Waals surface area contributed by atoms with E-state index in [1.165, 1.54) is 0 Å². The van der Waals surface area contributed by atoms with E-state index in [-0.39, 0.29) is 25.1 Å². The van der Waals surface area contributed by atoms with Gasteiger partial charge in [-0.2, -0.15) is 0 Å². The van der Waals surface area contributed by atoms with Crippen LogP contribution in [0.15, 0.2) is 12.2 Å². The van der Waals surface area contributed by atoms with Crippen molar-refractivity contribution in [3.63, 3.8) is 0 Å². The predicted molar refractivity (Wildman–Crippen MR) is 47.1 cm³/mol. The molecule has 0 atom stereocenters. The molecule has 5 heteroatoms. The van der Waals surface area contributed by atoms with Gasteiger partial charge in [0.05, 0.1) is 13.0 Å². The lowest BCUT2D eigenvalue weighted by Crippen LogP contribution is -2.35. The lowest BCUT2D eigenvalue weighted by Gasteiger charge is -2.11. The van der Waals surface area contributed by atoms with Crippen molar-refractivity contribution in [2.75, 3.05) is 13.2 Å². The van der Waals surface area contributed by atoms with Crippen LogP contribution in [0.3, 0.4) is 0 Å². The third-order valence-corrected chi connectivity index (χ3v) is 1.81. The fourth-order valence-electron chi connectivity index (χ4n) is 1.15. The summed E-state index contributed by atoms with van der Waals surface area (Å²) in [6, 6.07) is 0. The van der Waals surface area contributed by atoms with E-state index in [1.807, 2.05) is 0 Å². The predicted octanol–water partition coefficient (Wildman–Crippen LogP) is -0.135. The van der Waals surface area contributed by atoms with Gasteiger partial charge >= 0.3 is 5.97 Å². The molecule has 14 heavy (non-hydrogen) atoms. The number of imide groups is 1. The van der Waals surface area contributed by atoms with Gasteiger partial charge in [0.15, 0.2) is 0 Å². The van der Waals surface area contributed by atoms with Crippen LogP contribution in [0.4, 0.5) is 0 Å². The minimum atomic E-state index is -0.580. The third-order valence-electron chi connectivity index (χ3n) is 1.81. The maximum Gasteiger partial charge on any atom is 0.326 e. The average Bonchev–Trinajstić information content (AvgIpc) is 2.33. The molecule has 0 bridgehead atoms. The Morgan fingerprint density at radius 1 is 1.57 bits per heavy atom. The number of esters is 1. The lowest BCUT2D eigenvalue weighted by atomic mass is 10.3. The van der Waals surface area contributed by atoms with E-state index in [4.69, 9.17) is 0 Å². The Morgan fingerprint density at radius 3 is 2.64 bits per heavy atom. The molecule has 1 saturated heterocycles. The summed E-state index contributed by atoms with van der Waals surface area (Å²) >= 11 is 0. The van der Waals surface area contributed by atoms with Crippen molar-refractivity contribution < 1.29 is 19.1 Å². The molecule has 1 rings (SSSR count). The lowest BCUT2D eigenvalue weighted by molar-refractivity contribution is -0.151. The molecule has 1 heterocycles. The molecule has 0 aromatic carbocycles. The van der Waals surface area contributed by atoms with Crippen LogP contribution < -0.4 is 0 Å². The van der Waals surface area contributed by atoms with Gasteiger partial charge in [0.1, 0.15) is 6.54 Å². The van der Waals surface area contributed by atoms with Gasteiger partial charge in [0.25, 0.3) is 5.91 Å². The van der Waals surface area contributed by atoms with Gasteiger partial charge in [0, 0.05) is 5.57 Å². The average molecular weight is 197 g/mol. The van der Waals surface area contributed by atoms with Crippen LogP contribution in [0.5, 0.6) is 0 Å². The fourth-order valence-corrected chi connectivity index (χ4v) is 1.15. The summed E-state index contributed by atoms with van der Waals surface area (Å²) in [5.74, 6) is -1.46. The summed E-state index contributed by atoms with van der Waals surface area (Å²) in [6.45, 7) is 5.00. The van der Waals surface area contributed by atoms with Crippen LogP contribution in [0.25, 0.3) is 0 Å². The molecular weight excluding hydrogens is 186 g/mol. The maximum atomic E-state index is 11.3. The van der Waals surface area contributed by atoms with Crippen molar-refractivity contribution in [3.8, 4) is 0 Å². The molecule has 0 radical (unpaired) electrons. The number of hydrogen-bond donors (Lipinski definition) is 0. The van der Waals surface area contributed by atoms with E-state index in [0.717, 1.165) is 4.90 Å². The molecule has 0 aliphatic carbocycles. The highest BCUT2D eigenvalue weighted by atomic mass is 16.5. The Labute approximate surface area is 81.3 Å². The molecule has 0 aromatic heterocycles. The van der Waals surface area contributed by atoms with Crippen LogP contribution in [0.1, 0.15) is 13.3 Å². The van der Waals surface area contributed by atoms with Crippen LogP contribution in [-0.2, 0) is 19.1 Å². The number of amides is 2. The topological polar surface area (TPSA) is 63.7 Å². The second kappa shape index (κ2) is 4.04. The quantitative estimate of drug-likeness (QED) is 0.359. The van der Waals surface area contributed by atoms with E-state index in [0.29, 0.717) is 0 Å². The Bertz CT molecular complexity index is 308. The van der Waals surface area contributed by atoms with Crippen molar-refractivity contribution in [1.82, 2.24) is 4.90 Å². The first-order chi connectivity index (χ1) is 6.56. The van der Waals surface area contributed by atoms with Crippen LogP contribution in [0, 0.1) is 0 Å². The highest BCUT2D eigenvalue weighted by Crippen LogP contribution is 2.16. The van der Waals surface area contributed by atoms with Crippen molar-refractivity contribution in [1.29, 1.82) is 0 Å². The molecule has 0 aromatic rings. The molecule has 0 unspecified atom stereocenters. The van der Waals surface area contributed by atoms with Crippen molar-refractivity contribution in [2.45, 2.75) is 13.3 Å². The Hall–Kier alpha value is -1.65. The van der Waals surface area contributed by atoms with Gasteiger partial charge < -0.3 is 4.74 Å². The smallest absolute Gasteiger partial charge is 0.326 e. The standard InChI is InChI=1S/C9H11NO4/c1-3-14-8(12)5-10-7(11)4-6(2)9(10)13/h2-5H2,1H3. The maximum absolute atomic E-state index is 11.3. The highest BCUT2D eigenvalue weighted by Gasteiger charge is 2.33. The van der Waals surface area contributed by atoms with E-state index in [1.54, 1.807) is 6.92 Å². The monoisotopic (exact) mass is 197 g/mol. The summed E-state index contributed by atoms with van der Waals surface area (Å²) in [4.78, 5) is 34.3. The Kier molecular flexibility index (Phi) is 3.01. The van der Waals surface area contributed by atoms with Crippen LogP contribution in [0.2, 0.25) is 0 Å². The molecule has 2 amide bonds. The normalized spacial score (nSPS) is 16.4. The van der Waals surface area contributed by atoms with E-state index in [2.05, 4.69) is 11.3 Å². The number of ether oxygens (including phenoxy) is 1. The second-order valence-corrected chi connectivity index (χ2v) is 2.87. The first-order valence-electron chi connectivity index (χ1n) is 4.24. The zero-order valence-corrected chi connectivity index (χ0v) is 7.91. The molecule has 0 N–H and O–H groups in total. The Balaban J connectivity index is 2.60. The third kappa shape index (κ3) is 1.99. The summed E-state index contributed by atoms with van der Waals surface area (Å²) in [6.07, 6.45) is -0.00175. The number of likely N-dealkylation sites (tertiary alicyclic amines) is 1. The first-order valence-corrected chi connectivity index (χ1v) is 4.24. The summed E-state index contributed by atoms with van der Waals surface area (Å²) in [7, 11) is 0. The second-order valence-electron chi connectivity index (χ2n) is 2.87. The summed E-state index contributed by atoms with van der Waals surface area (Å²) in [5, 5.41) is 0. The van der Waals surface area contributed by atoms with Crippen molar-refractivity contribution in [2.24, 2.45) is 0 Å². The number of nitrogens with zero attached hydrogens (tertiary/aromatic N) is 1. The van der Waals surface area contributed by atoms with Gasteiger partial charge in [-0.25, -0.2) is 0 Å². The zero-order chi connectivity index (χ0) is 10.7. The number of rotatable bonds is 3. The minimum absolute atomic E-state index is 0.00175.